The Labute approximate surface area is 116 Å². The first-order chi connectivity index (χ1) is 9.24. The number of hydrogen-bond donors (Lipinski definition) is 2. The van der Waals surface area contributed by atoms with E-state index in [2.05, 4.69) is 6.92 Å². The van der Waals surface area contributed by atoms with Crippen molar-refractivity contribution in [2.45, 2.75) is 32.5 Å². The minimum Gasteiger partial charge on any atom is -0.385 e. The van der Waals surface area contributed by atoms with Crippen LogP contribution in [0.25, 0.3) is 0 Å². The van der Waals surface area contributed by atoms with E-state index in [-0.39, 0.29) is 6.10 Å². The molecule has 2 N–H and O–H groups in total. The number of ether oxygens (including phenoxy) is 1. The highest BCUT2D eigenvalue weighted by Gasteiger charge is 2.22. The highest BCUT2D eigenvalue weighted by Crippen LogP contribution is 2.05. The second kappa shape index (κ2) is 7.63. The van der Waals surface area contributed by atoms with Gasteiger partial charge in [-0.2, -0.15) is 0 Å². The lowest BCUT2D eigenvalue weighted by atomic mass is 10.0. The van der Waals surface area contributed by atoms with Crippen LogP contribution < -0.4 is 4.90 Å². The number of likely N-dealkylation sites (tertiary alicyclic amines) is 1. The fourth-order valence-corrected chi connectivity index (χ4v) is 2.86. The van der Waals surface area contributed by atoms with Crippen LogP contribution in [0.3, 0.4) is 0 Å². The number of hydrogen-bond acceptors (Lipinski definition) is 2. The van der Waals surface area contributed by atoms with Crippen LogP contribution in [0.4, 0.5) is 0 Å². The summed E-state index contributed by atoms with van der Waals surface area (Å²) in [5.41, 5.74) is 1.16. The fraction of sp³-hybridized carbons (Fsp3) is 0.625. The zero-order chi connectivity index (χ0) is 13.5. The maximum atomic E-state index is 10.0. The van der Waals surface area contributed by atoms with E-state index < -0.39 is 0 Å². The molecule has 3 heteroatoms. The molecule has 106 valence electrons. The molecule has 1 aromatic rings. The normalized spacial score (nSPS) is 25.2. The average Bonchev–Trinajstić information content (AvgIpc) is 2.40. The van der Waals surface area contributed by atoms with Crippen molar-refractivity contribution in [3.8, 4) is 0 Å². The summed E-state index contributed by atoms with van der Waals surface area (Å²) in [5.74, 6) is 0.793. The first-order valence-electron chi connectivity index (χ1n) is 7.37. The molecular formula is C16H26NO2+. The molecule has 0 amide bonds. The molecule has 1 fully saturated rings. The fourth-order valence-electron chi connectivity index (χ4n) is 2.86. The predicted octanol–water partition coefficient (Wildman–Crippen LogP) is 0.879. The number of aliphatic hydroxyl groups excluding tert-OH is 1. The van der Waals surface area contributed by atoms with Gasteiger partial charge in [-0.25, -0.2) is 0 Å². The van der Waals surface area contributed by atoms with Crippen molar-refractivity contribution in [2.24, 2.45) is 5.92 Å². The molecular weight excluding hydrogens is 238 g/mol. The molecule has 1 aliphatic heterocycles. The van der Waals surface area contributed by atoms with Gasteiger partial charge in [0.25, 0.3) is 0 Å². The molecule has 0 radical (unpaired) electrons. The van der Waals surface area contributed by atoms with Crippen LogP contribution in [-0.4, -0.2) is 37.5 Å². The maximum absolute atomic E-state index is 10.0. The van der Waals surface area contributed by atoms with Crippen LogP contribution in [0.5, 0.6) is 0 Å². The van der Waals surface area contributed by atoms with E-state index in [1.54, 1.807) is 0 Å². The lowest BCUT2D eigenvalue weighted by molar-refractivity contribution is -0.911. The Kier molecular flexibility index (Phi) is 5.83. The van der Waals surface area contributed by atoms with Crippen molar-refractivity contribution < 1.29 is 14.7 Å². The van der Waals surface area contributed by atoms with Gasteiger partial charge in [0, 0.05) is 5.92 Å². The van der Waals surface area contributed by atoms with E-state index in [1.807, 2.05) is 30.3 Å². The summed E-state index contributed by atoms with van der Waals surface area (Å²) in [6, 6.07) is 10.1. The smallest absolute Gasteiger partial charge is 0.126 e. The standard InChI is InChI=1S/C16H25NO2/c1-14-6-5-9-17(10-14)11-16(18)13-19-12-15-7-3-2-4-8-15/h2-4,7-8,14,16,18H,5-6,9-13H2,1H3/p+1/t14-,16-/m0/s1. The summed E-state index contributed by atoms with van der Waals surface area (Å²) in [6.45, 7) is 6.53. The largest absolute Gasteiger partial charge is 0.385 e. The number of rotatable bonds is 6. The molecule has 19 heavy (non-hydrogen) atoms. The molecule has 3 nitrogen and oxygen atoms in total. The lowest BCUT2D eigenvalue weighted by Crippen LogP contribution is -3.14. The predicted molar refractivity (Wildman–Crippen MR) is 76.1 cm³/mol. The van der Waals surface area contributed by atoms with E-state index in [4.69, 9.17) is 4.74 Å². The molecule has 1 aliphatic rings. The Morgan fingerprint density at radius 2 is 2.16 bits per heavy atom. The summed E-state index contributed by atoms with van der Waals surface area (Å²) in [6.07, 6.45) is 2.28. The van der Waals surface area contributed by atoms with Crippen molar-refractivity contribution in [1.29, 1.82) is 0 Å². The number of nitrogens with one attached hydrogen (secondary N) is 1. The van der Waals surface area contributed by atoms with Crippen molar-refractivity contribution in [3.63, 3.8) is 0 Å². The number of piperidine rings is 1. The number of quaternary nitrogens is 1. The molecule has 1 saturated heterocycles. The second-order valence-corrected chi connectivity index (χ2v) is 5.81. The van der Waals surface area contributed by atoms with Crippen LogP contribution in [-0.2, 0) is 11.3 Å². The number of aliphatic hydroxyl groups is 1. The zero-order valence-electron chi connectivity index (χ0n) is 11.8. The van der Waals surface area contributed by atoms with Gasteiger partial charge < -0.3 is 14.7 Å². The van der Waals surface area contributed by atoms with Crippen LogP contribution in [0.1, 0.15) is 25.3 Å². The second-order valence-electron chi connectivity index (χ2n) is 5.81. The maximum Gasteiger partial charge on any atom is 0.126 e. The van der Waals surface area contributed by atoms with Crippen molar-refractivity contribution in [3.05, 3.63) is 35.9 Å². The Hall–Kier alpha value is -0.900. The van der Waals surface area contributed by atoms with E-state index >= 15 is 0 Å². The first kappa shape index (κ1) is 14.5. The SMILES string of the molecule is C[C@H]1CCC[NH+](C[C@H](O)COCc2ccccc2)C1. The molecule has 0 aromatic heterocycles. The van der Waals surface area contributed by atoms with Crippen LogP contribution in [0.2, 0.25) is 0 Å². The molecule has 1 heterocycles. The van der Waals surface area contributed by atoms with E-state index in [9.17, 15) is 5.11 Å². The minimum absolute atomic E-state index is 0.344. The van der Waals surface area contributed by atoms with Crippen LogP contribution in [0.15, 0.2) is 30.3 Å². The molecule has 0 saturated carbocycles. The monoisotopic (exact) mass is 264 g/mol. The summed E-state index contributed by atoms with van der Waals surface area (Å²) in [4.78, 5) is 1.52. The molecule has 2 rings (SSSR count). The Balaban J connectivity index is 1.63. The topological polar surface area (TPSA) is 33.9 Å². The summed E-state index contributed by atoms with van der Waals surface area (Å²) in [5, 5.41) is 10.0. The molecule has 0 spiro atoms. The summed E-state index contributed by atoms with van der Waals surface area (Å²) in [7, 11) is 0. The minimum atomic E-state index is -0.344. The molecule has 1 aromatic carbocycles. The Morgan fingerprint density at radius 1 is 1.37 bits per heavy atom. The van der Waals surface area contributed by atoms with Crippen LogP contribution in [0, 0.1) is 5.92 Å². The average molecular weight is 264 g/mol. The van der Waals surface area contributed by atoms with E-state index in [0.29, 0.717) is 13.2 Å². The van der Waals surface area contributed by atoms with Gasteiger partial charge in [0.05, 0.1) is 26.3 Å². The van der Waals surface area contributed by atoms with Gasteiger partial charge >= 0.3 is 0 Å². The lowest BCUT2D eigenvalue weighted by Gasteiger charge is -2.29. The van der Waals surface area contributed by atoms with Gasteiger partial charge in [-0.05, 0) is 18.4 Å². The Morgan fingerprint density at radius 3 is 2.89 bits per heavy atom. The molecule has 3 atom stereocenters. The van der Waals surface area contributed by atoms with Crippen molar-refractivity contribution in [1.82, 2.24) is 0 Å². The molecule has 0 bridgehead atoms. The van der Waals surface area contributed by atoms with E-state index in [1.165, 1.54) is 30.8 Å². The van der Waals surface area contributed by atoms with Crippen molar-refractivity contribution in [2.75, 3.05) is 26.2 Å². The molecule has 1 unspecified atom stereocenters. The zero-order valence-corrected chi connectivity index (χ0v) is 11.8. The van der Waals surface area contributed by atoms with Gasteiger partial charge in [0.15, 0.2) is 0 Å². The highest BCUT2D eigenvalue weighted by molar-refractivity contribution is 5.13. The summed E-state index contributed by atoms with van der Waals surface area (Å²) >= 11 is 0. The van der Waals surface area contributed by atoms with Gasteiger partial charge in [-0.3, -0.25) is 0 Å². The summed E-state index contributed by atoms with van der Waals surface area (Å²) < 4.78 is 5.59. The van der Waals surface area contributed by atoms with Crippen molar-refractivity contribution >= 4 is 0 Å². The third kappa shape index (κ3) is 5.31. The third-order valence-electron chi connectivity index (χ3n) is 3.81. The van der Waals surface area contributed by atoms with Gasteiger partial charge in [0.2, 0.25) is 0 Å². The van der Waals surface area contributed by atoms with Gasteiger partial charge in [-0.1, -0.05) is 37.3 Å². The van der Waals surface area contributed by atoms with E-state index in [0.717, 1.165) is 18.0 Å². The third-order valence-corrected chi connectivity index (χ3v) is 3.81. The molecule has 0 aliphatic carbocycles. The Bertz CT molecular complexity index is 355. The van der Waals surface area contributed by atoms with Gasteiger partial charge in [0.1, 0.15) is 12.6 Å². The van der Waals surface area contributed by atoms with Crippen LogP contribution >= 0.6 is 0 Å². The first-order valence-corrected chi connectivity index (χ1v) is 7.37. The number of benzene rings is 1. The quantitative estimate of drug-likeness (QED) is 0.800. The highest BCUT2D eigenvalue weighted by atomic mass is 16.5. The van der Waals surface area contributed by atoms with Gasteiger partial charge in [-0.15, -0.1) is 0 Å².